The molecule has 1 aromatic heterocycles. The first kappa shape index (κ1) is 20.5. The van der Waals surface area contributed by atoms with E-state index < -0.39 is 10.0 Å². The lowest BCUT2D eigenvalue weighted by atomic mass is 10.2. The summed E-state index contributed by atoms with van der Waals surface area (Å²) in [5.41, 5.74) is 1.16. The van der Waals surface area contributed by atoms with Crippen LogP contribution < -0.4 is 17.1 Å². The number of hydrogen-bond acceptors (Lipinski definition) is 5. The monoisotopic (exact) mass is 421 g/mol. The number of sulfonamides is 1. The molecule has 1 aliphatic heterocycles. The number of nitrogens with zero attached hydrogens (tertiary/aromatic N) is 2. The lowest BCUT2D eigenvalue weighted by Crippen LogP contribution is -3.00. The second kappa shape index (κ2) is 8.70. The Hall–Kier alpha value is -0.830. The predicted octanol–water partition coefficient (Wildman–Crippen LogP) is -0.0794. The van der Waals surface area contributed by atoms with Crippen LogP contribution in [-0.2, 0) is 16.6 Å². The summed E-state index contributed by atoms with van der Waals surface area (Å²) in [6, 6.07) is 11.1. The van der Waals surface area contributed by atoms with E-state index in [1.165, 1.54) is 4.31 Å². The molecule has 0 bridgehead atoms. The summed E-state index contributed by atoms with van der Waals surface area (Å²) in [5, 5.41) is 0. The summed E-state index contributed by atoms with van der Waals surface area (Å²) in [7, 11) is -1.78. The van der Waals surface area contributed by atoms with E-state index in [9.17, 15) is 8.42 Å². The Kier molecular flexibility index (Phi) is 7.13. The fraction of sp³-hybridized carbons (Fsp3) is 0.375. The average molecular weight is 422 g/mol. The SMILES string of the molecule is COc1cccc(CN2CCN(S(=O)(=O)c3ccc(Cl)s3)CC2)c1.[Cl-]. The Bertz CT molecular complexity index is 803. The normalized spacial score (nSPS) is 16.4. The van der Waals surface area contributed by atoms with Gasteiger partial charge in [-0.15, -0.1) is 11.3 Å². The molecule has 0 unspecified atom stereocenters. The molecule has 5 nitrogen and oxygen atoms in total. The molecule has 0 spiro atoms. The number of methoxy groups -OCH3 is 1. The summed E-state index contributed by atoms with van der Waals surface area (Å²) < 4.78 is 32.8. The van der Waals surface area contributed by atoms with E-state index in [0.717, 1.165) is 29.2 Å². The van der Waals surface area contributed by atoms with E-state index in [-0.39, 0.29) is 12.4 Å². The summed E-state index contributed by atoms with van der Waals surface area (Å²) in [6.07, 6.45) is 0. The third-order valence-electron chi connectivity index (χ3n) is 4.01. The van der Waals surface area contributed by atoms with Crippen molar-refractivity contribution in [3.05, 3.63) is 46.3 Å². The maximum Gasteiger partial charge on any atom is 0.252 e. The summed E-state index contributed by atoms with van der Waals surface area (Å²) >= 11 is 6.96. The Morgan fingerprint density at radius 3 is 2.48 bits per heavy atom. The van der Waals surface area contributed by atoms with Gasteiger partial charge in [0, 0.05) is 32.7 Å². The molecule has 138 valence electrons. The van der Waals surface area contributed by atoms with Gasteiger partial charge in [-0.1, -0.05) is 23.7 Å². The molecule has 9 heteroatoms. The molecule has 0 N–H and O–H groups in total. The Balaban J connectivity index is 0.00000225. The summed E-state index contributed by atoms with van der Waals surface area (Å²) in [5.74, 6) is 0.836. The van der Waals surface area contributed by atoms with Crippen LogP contribution in [0.15, 0.2) is 40.6 Å². The van der Waals surface area contributed by atoms with Gasteiger partial charge in [-0.3, -0.25) is 4.90 Å². The highest BCUT2D eigenvalue weighted by Gasteiger charge is 2.29. The molecule has 2 heterocycles. The van der Waals surface area contributed by atoms with Crippen molar-refractivity contribution in [2.24, 2.45) is 0 Å². The van der Waals surface area contributed by atoms with Crippen molar-refractivity contribution in [3.63, 3.8) is 0 Å². The van der Waals surface area contributed by atoms with Gasteiger partial charge in [-0.2, -0.15) is 4.31 Å². The average Bonchev–Trinajstić information content (AvgIpc) is 3.03. The largest absolute Gasteiger partial charge is 1.00 e. The van der Waals surface area contributed by atoms with Gasteiger partial charge in [0.1, 0.15) is 9.96 Å². The Morgan fingerprint density at radius 1 is 1.16 bits per heavy atom. The minimum atomic E-state index is -3.43. The van der Waals surface area contributed by atoms with Crippen molar-refractivity contribution in [1.82, 2.24) is 9.21 Å². The van der Waals surface area contributed by atoms with Crippen molar-refractivity contribution >= 4 is 33.0 Å². The van der Waals surface area contributed by atoms with Gasteiger partial charge in [0.15, 0.2) is 0 Å². The maximum absolute atomic E-state index is 12.6. The van der Waals surface area contributed by atoms with Crippen LogP contribution in [0.3, 0.4) is 0 Å². The van der Waals surface area contributed by atoms with Crippen molar-refractivity contribution in [2.75, 3.05) is 33.3 Å². The van der Waals surface area contributed by atoms with Crippen molar-refractivity contribution < 1.29 is 25.6 Å². The zero-order valence-electron chi connectivity index (χ0n) is 13.7. The highest BCUT2D eigenvalue weighted by Crippen LogP contribution is 2.28. The molecule has 0 saturated carbocycles. The van der Waals surface area contributed by atoms with Crippen LogP contribution in [0.25, 0.3) is 0 Å². The maximum atomic E-state index is 12.6. The fourth-order valence-electron chi connectivity index (χ4n) is 2.72. The number of halogens is 2. The smallest absolute Gasteiger partial charge is 0.252 e. The van der Waals surface area contributed by atoms with Gasteiger partial charge >= 0.3 is 0 Å². The van der Waals surface area contributed by atoms with E-state index in [1.54, 1.807) is 19.2 Å². The van der Waals surface area contributed by atoms with E-state index >= 15 is 0 Å². The van der Waals surface area contributed by atoms with Gasteiger partial charge in [0.25, 0.3) is 10.0 Å². The zero-order chi connectivity index (χ0) is 17.2. The molecular weight excluding hydrogens is 403 g/mol. The van der Waals surface area contributed by atoms with Gasteiger partial charge < -0.3 is 17.1 Å². The van der Waals surface area contributed by atoms with Crippen molar-refractivity contribution in [3.8, 4) is 5.75 Å². The van der Waals surface area contributed by atoms with E-state index in [1.807, 2.05) is 18.2 Å². The van der Waals surface area contributed by atoms with E-state index in [2.05, 4.69) is 11.0 Å². The van der Waals surface area contributed by atoms with Gasteiger partial charge in [0.2, 0.25) is 0 Å². The first-order valence-corrected chi connectivity index (χ1v) is 10.2. The number of ether oxygens (including phenoxy) is 1. The van der Waals surface area contributed by atoms with Crippen LogP contribution in [0.2, 0.25) is 4.34 Å². The molecule has 0 amide bonds. The third kappa shape index (κ3) is 4.87. The zero-order valence-corrected chi connectivity index (χ0v) is 16.8. The molecule has 0 atom stereocenters. The summed E-state index contributed by atoms with van der Waals surface area (Å²) in [6.45, 7) is 3.17. The second-order valence-corrected chi connectivity index (χ2v) is 9.47. The lowest BCUT2D eigenvalue weighted by molar-refractivity contribution is -0.00000775. The number of rotatable bonds is 5. The van der Waals surface area contributed by atoms with Crippen LogP contribution in [0.1, 0.15) is 5.56 Å². The molecule has 0 radical (unpaired) electrons. The molecule has 1 aliphatic rings. The van der Waals surface area contributed by atoms with Crippen LogP contribution >= 0.6 is 22.9 Å². The predicted molar refractivity (Wildman–Crippen MR) is 96.4 cm³/mol. The summed E-state index contributed by atoms with van der Waals surface area (Å²) in [4.78, 5) is 2.25. The van der Waals surface area contributed by atoms with Crippen LogP contribution in [0.5, 0.6) is 5.75 Å². The number of hydrogen-bond donors (Lipinski definition) is 0. The van der Waals surface area contributed by atoms with E-state index in [0.29, 0.717) is 34.7 Å². The highest BCUT2D eigenvalue weighted by molar-refractivity contribution is 7.91. The topological polar surface area (TPSA) is 49.9 Å². The van der Waals surface area contributed by atoms with Crippen molar-refractivity contribution in [2.45, 2.75) is 10.8 Å². The lowest BCUT2D eigenvalue weighted by Gasteiger charge is -2.33. The Labute approximate surface area is 163 Å². The van der Waals surface area contributed by atoms with E-state index in [4.69, 9.17) is 16.3 Å². The van der Waals surface area contributed by atoms with Crippen LogP contribution in [0, 0.1) is 0 Å². The molecule has 1 saturated heterocycles. The third-order valence-corrected chi connectivity index (χ3v) is 7.61. The molecule has 2 aromatic rings. The Morgan fingerprint density at radius 2 is 1.88 bits per heavy atom. The molecule has 0 aliphatic carbocycles. The quantitative estimate of drug-likeness (QED) is 0.677. The number of benzene rings is 1. The number of piperazine rings is 1. The van der Waals surface area contributed by atoms with Gasteiger partial charge in [-0.05, 0) is 29.8 Å². The first-order chi connectivity index (χ1) is 11.5. The molecule has 1 fully saturated rings. The molecular formula is C16H19Cl2N2O3S2-. The van der Waals surface area contributed by atoms with Gasteiger partial charge in [-0.25, -0.2) is 8.42 Å². The molecule has 3 rings (SSSR count). The number of thiophene rings is 1. The second-order valence-electron chi connectivity index (χ2n) is 5.59. The first-order valence-electron chi connectivity index (χ1n) is 7.60. The highest BCUT2D eigenvalue weighted by atomic mass is 35.5. The molecule has 1 aromatic carbocycles. The van der Waals surface area contributed by atoms with Gasteiger partial charge in [0.05, 0.1) is 11.4 Å². The minimum Gasteiger partial charge on any atom is -1.00 e. The fourth-order valence-corrected chi connectivity index (χ4v) is 5.78. The molecule has 25 heavy (non-hydrogen) atoms. The van der Waals surface area contributed by atoms with Crippen LogP contribution in [0.4, 0.5) is 0 Å². The minimum absolute atomic E-state index is 0. The van der Waals surface area contributed by atoms with Crippen molar-refractivity contribution in [1.29, 1.82) is 0 Å². The van der Waals surface area contributed by atoms with Crippen LogP contribution in [-0.4, -0.2) is 50.9 Å². The standard InChI is InChI=1S/C16H19ClN2O3S2.ClH/c1-22-14-4-2-3-13(11-14)12-18-7-9-19(10-8-18)24(20,21)16-6-5-15(17)23-16;/h2-6,11H,7-10,12H2,1H3;1H/p-1.